The third-order valence-electron chi connectivity index (χ3n) is 5.64. The normalized spacial score (nSPS) is 18.9. The lowest BCUT2D eigenvalue weighted by atomic mass is 9.96. The zero-order valence-corrected chi connectivity index (χ0v) is 17.1. The van der Waals surface area contributed by atoms with Crippen LogP contribution in [-0.2, 0) is 4.79 Å². The van der Waals surface area contributed by atoms with E-state index < -0.39 is 0 Å². The standard InChI is InChI=1S/C22H26ClN3O2/c1-14-11-17-19(6-4-10-28-20(17)12-15(14)2)26(16-7-8-16)13-21(27)25-18-5-3-9-24-22(18)23/h3,5,9,11-12,16,19H,4,6-8,10,13H2,1-2H3,(H,25,27)/t19-/m0/s1. The summed E-state index contributed by atoms with van der Waals surface area (Å²) in [7, 11) is 0. The van der Waals surface area contributed by atoms with Crippen molar-refractivity contribution in [1.82, 2.24) is 9.88 Å². The molecule has 1 saturated carbocycles. The van der Waals surface area contributed by atoms with Crippen molar-refractivity contribution in [1.29, 1.82) is 0 Å². The molecule has 5 nitrogen and oxygen atoms in total. The van der Waals surface area contributed by atoms with Crippen LogP contribution in [0.2, 0.25) is 5.15 Å². The molecule has 1 atom stereocenters. The number of hydrogen-bond donors (Lipinski definition) is 1. The molecule has 6 heteroatoms. The van der Waals surface area contributed by atoms with Crippen LogP contribution in [0, 0.1) is 13.8 Å². The lowest BCUT2D eigenvalue weighted by Gasteiger charge is -2.31. The number of anilines is 1. The smallest absolute Gasteiger partial charge is 0.238 e. The van der Waals surface area contributed by atoms with Crippen LogP contribution in [0.5, 0.6) is 5.75 Å². The molecule has 1 fully saturated rings. The number of rotatable bonds is 5. The predicted molar refractivity (Wildman–Crippen MR) is 111 cm³/mol. The van der Waals surface area contributed by atoms with Gasteiger partial charge < -0.3 is 10.1 Å². The van der Waals surface area contributed by atoms with Gasteiger partial charge in [-0.05, 0) is 68.9 Å². The molecule has 0 unspecified atom stereocenters. The number of aryl methyl sites for hydroxylation is 2. The van der Waals surface area contributed by atoms with Crippen LogP contribution in [0.25, 0.3) is 0 Å². The highest BCUT2D eigenvalue weighted by Crippen LogP contribution is 2.42. The summed E-state index contributed by atoms with van der Waals surface area (Å²) in [5.41, 5.74) is 4.26. The van der Waals surface area contributed by atoms with Gasteiger partial charge in [0.25, 0.3) is 0 Å². The number of aromatic nitrogens is 1. The number of nitrogens with zero attached hydrogens (tertiary/aromatic N) is 2. The molecule has 1 aromatic heterocycles. The van der Waals surface area contributed by atoms with Crippen molar-refractivity contribution >= 4 is 23.2 Å². The number of ether oxygens (including phenoxy) is 1. The first-order valence-corrected chi connectivity index (χ1v) is 10.3. The fourth-order valence-corrected chi connectivity index (χ4v) is 4.06. The molecule has 2 heterocycles. The lowest BCUT2D eigenvalue weighted by molar-refractivity contribution is -0.118. The van der Waals surface area contributed by atoms with Crippen LogP contribution < -0.4 is 10.1 Å². The summed E-state index contributed by atoms with van der Waals surface area (Å²) >= 11 is 6.09. The molecule has 0 radical (unpaired) electrons. The van der Waals surface area contributed by atoms with Gasteiger partial charge in [-0.2, -0.15) is 0 Å². The van der Waals surface area contributed by atoms with Crippen LogP contribution in [0.1, 0.15) is 48.4 Å². The van der Waals surface area contributed by atoms with Crippen molar-refractivity contribution in [3.8, 4) is 5.75 Å². The van der Waals surface area contributed by atoms with Gasteiger partial charge in [0.2, 0.25) is 5.91 Å². The lowest BCUT2D eigenvalue weighted by Crippen LogP contribution is -2.38. The number of pyridine rings is 1. The van der Waals surface area contributed by atoms with E-state index in [0.29, 0.717) is 23.4 Å². The largest absolute Gasteiger partial charge is 0.493 e. The third kappa shape index (κ3) is 4.15. The SMILES string of the molecule is Cc1cc2c(cc1C)[C@@H](N(CC(=O)Nc1cccnc1Cl)C1CC1)CCCO2. The summed E-state index contributed by atoms with van der Waals surface area (Å²) in [6.45, 7) is 5.31. The van der Waals surface area contributed by atoms with Gasteiger partial charge in [0.1, 0.15) is 5.75 Å². The van der Waals surface area contributed by atoms with E-state index >= 15 is 0 Å². The summed E-state index contributed by atoms with van der Waals surface area (Å²) in [5.74, 6) is 0.907. The highest BCUT2D eigenvalue weighted by molar-refractivity contribution is 6.32. The maximum atomic E-state index is 12.8. The number of amides is 1. The van der Waals surface area contributed by atoms with Gasteiger partial charge in [0.15, 0.2) is 5.15 Å². The van der Waals surface area contributed by atoms with Crippen molar-refractivity contribution < 1.29 is 9.53 Å². The number of hydrogen-bond acceptors (Lipinski definition) is 4. The molecule has 1 aromatic carbocycles. The van der Waals surface area contributed by atoms with Gasteiger partial charge in [-0.3, -0.25) is 9.69 Å². The Balaban J connectivity index is 1.58. The number of carbonyl (C=O) groups is 1. The van der Waals surface area contributed by atoms with Crippen LogP contribution >= 0.6 is 11.6 Å². The maximum absolute atomic E-state index is 12.8. The van der Waals surface area contributed by atoms with Crippen LogP contribution in [0.3, 0.4) is 0 Å². The number of nitrogens with one attached hydrogen (secondary N) is 1. The first-order valence-electron chi connectivity index (χ1n) is 9.93. The Morgan fingerprint density at radius 2 is 2.07 bits per heavy atom. The molecule has 0 saturated heterocycles. The van der Waals surface area contributed by atoms with E-state index in [1.165, 1.54) is 16.7 Å². The number of fused-ring (bicyclic) bond motifs is 1. The molecule has 0 bridgehead atoms. The minimum Gasteiger partial charge on any atom is -0.493 e. The van der Waals surface area contributed by atoms with E-state index in [1.807, 2.05) is 0 Å². The molecule has 0 spiro atoms. The second kappa shape index (κ2) is 8.10. The van der Waals surface area contributed by atoms with Gasteiger partial charge in [-0.15, -0.1) is 0 Å². The van der Waals surface area contributed by atoms with E-state index in [1.54, 1.807) is 18.3 Å². The van der Waals surface area contributed by atoms with Gasteiger partial charge in [-0.25, -0.2) is 4.98 Å². The average molecular weight is 400 g/mol. The topological polar surface area (TPSA) is 54.5 Å². The van der Waals surface area contributed by atoms with Crippen LogP contribution in [0.4, 0.5) is 5.69 Å². The summed E-state index contributed by atoms with van der Waals surface area (Å²) < 4.78 is 6.03. The van der Waals surface area contributed by atoms with E-state index in [2.05, 4.69) is 41.2 Å². The number of carbonyl (C=O) groups excluding carboxylic acids is 1. The Bertz CT molecular complexity index is 882. The Labute approximate surface area is 171 Å². The molecule has 148 valence electrons. The maximum Gasteiger partial charge on any atom is 0.238 e. The molecule has 1 aliphatic heterocycles. The van der Waals surface area contributed by atoms with Crippen molar-refractivity contribution in [3.05, 3.63) is 52.3 Å². The molecule has 1 amide bonds. The quantitative estimate of drug-likeness (QED) is 0.742. The van der Waals surface area contributed by atoms with E-state index in [4.69, 9.17) is 16.3 Å². The van der Waals surface area contributed by atoms with Crippen molar-refractivity contribution in [2.24, 2.45) is 0 Å². The Kier molecular flexibility index (Phi) is 5.56. The summed E-state index contributed by atoms with van der Waals surface area (Å²) in [4.78, 5) is 19.2. The van der Waals surface area contributed by atoms with Gasteiger partial charge in [0.05, 0.1) is 18.8 Å². The fraction of sp³-hybridized carbons (Fsp3) is 0.455. The van der Waals surface area contributed by atoms with Crippen LogP contribution in [-0.4, -0.2) is 35.0 Å². The van der Waals surface area contributed by atoms with E-state index in [-0.39, 0.29) is 11.9 Å². The predicted octanol–water partition coefficient (Wildman–Crippen LogP) is 4.67. The van der Waals surface area contributed by atoms with Gasteiger partial charge in [-0.1, -0.05) is 17.7 Å². The minimum atomic E-state index is -0.0580. The number of benzene rings is 1. The summed E-state index contributed by atoms with van der Waals surface area (Å²) in [6, 6.07) is 8.57. The molecular weight excluding hydrogens is 374 g/mol. The van der Waals surface area contributed by atoms with Gasteiger partial charge >= 0.3 is 0 Å². The van der Waals surface area contributed by atoms with Crippen molar-refractivity contribution in [2.45, 2.75) is 51.6 Å². The highest BCUT2D eigenvalue weighted by Gasteiger charge is 2.37. The molecule has 4 rings (SSSR count). The molecular formula is C22H26ClN3O2. The fourth-order valence-electron chi connectivity index (χ4n) is 3.89. The molecule has 2 aromatic rings. The Morgan fingerprint density at radius 1 is 1.29 bits per heavy atom. The molecule has 1 N–H and O–H groups in total. The Morgan fingerprint density at radius 3 is 2.82 bits per heavy atom. The van der Waals surface area contributed by atoms with E-state index in [0.717, 1.165) is 38.0 Å². The number of halogens is 1. The van der Waals surface area contributed by atoms with E-state index in [9.17, 15) is 4.79 Å². The van der Waals surface area contributed by atoms with Gasteiger partial charge in [0, 0.05) is 23.8 Å². The second-order valence-electron chi connectivity index (χ2n) is 7.77. The van der Waals surface area contributed by atoms with Crippen LogP contribution in [0.15, 0.2) is 30.5 Å². The summed E-state index contributed by atoms with van der Waals surface area (Å²) in [6.07, 6.45) is 5.86. The Hall–Kier alpha value is -2.11. The molecule has 1 aliphatic carbocycles. The zero-order chi connectivity index (χ0) is 19.7. The second-order valence-corrected chi connectivity index (χ2v) is 8.13. The zero-order valence-electron chi connectivity index (χ0n) is 16.4. The van der Waals surface area contributed by atoms with Crippen molar-refractivity contribution in [3.63, 3.8) is 0 Å². The average Bonchev–Trinajstić information content (AvgIpc) is 3.51. The first-order chi connectivity index (χ1) is 13.5. The van der Waals surface area contributed by atoms with Crippen molar-refractivity contribution in [2.75, 3.05) is 18.5 Å². The monoisotopic (exact) mass is 399 g/mol. The molecule has 2 aliphatic rings. The molecule has 28 heavy (non-hydrogen) atoms. The first kappa shape index (κ1) is 19.2. The minimum absolute atomic E-state index is 0.0580. The summed E-state index contributed by atoms with van der Waals surface area (Å²) in [5, 5.41) is 3.23. The highest BCUT2D eigenvalue weighted by atomic mass is 35.5. The third-order valence-corrected chi connectivity index (χ3v) is 5.94.